The Morgan fingerprint density at radius 1 is 1.26 bits per heavy atom. The van der Waals surface area contributed by atoms with Gasteiger partial charge in [0, 0.05) is 17.6 Å². The van der Waals surface area contributed by atoms with Crippen molar-refractivity contribution >= 4 is 29.2 Å². The lowest BCUT2D eigenvalue weighted by Crippen LogP contribution is -2.39. The number of carbonyl (C=O) groups excluding carboxylic acids is 2. The molecule has 1 aromatic rings. The summed E-state index contributed by atoms with van der Waals surface area (Å²) < 4.78 is 10.3. The third-order valence-corrected chi connectivity index (χ3v) is 3.15. The van der Waals surface area contributed by atoms with Gasteiger partial charge in [-0.15, -0.1) is 0 Å². The highest BCUT2D eigenvalue weighted by atomic mass is 35.5. The second kappa shape index (κ2) is 9.25. The quantitative estimate of drug-likeness (QED) is 0.710. The number of rotatable bonds is 8. The van der Waals surface area contributed by atoms with Crippen molar-refractivity contribution in [2.45, 2.75) is 39.3 Å². The zero-order valence-electron chi connectivity index (χ0n) is 13.8. The van der Waals surface area contributed by atoms with Crippen molar-refractivity contribution in [1.82, 2.24) is 5.32 Å². The Bertz CT molecular complexity index is 549. The molecule has 0 aliphatic heterocycles. The van der Waals surface area contributed by atoms with Gasteiger partial charge >= 0.3 is 5.97 Å². The third-order valence-electron chi connectivity index (χ3n) is 2.91. The molecule has 6 nitrogen and oxygen atoms in total. The molecule has 23 heavy (non-hydrogen) atoms. The van der Waals surface area contributed by atoms with E-state index in [9.17, 15) is 9.59 Å². The number of hydrogen-bond acceptors (Lipinski definition) is 5. The van der Waals surface area contributed by atoms with E-state index in [0.717, 1.165) is 0 Å². The zero-order chi connectivity index (χ0) is 17.4. The molecule has 1 rings (SSSR count). The first-order valence-electron chi connectivity index (χ1n) is 7.40. The molecule has 0 unspecified atom stereocenters. The Hall–Kier alpha value is -1.95. The molecule has 0 saturated heterocycles. The molecule has 1 atom stereocenters. The van der Waals surface area contributed by atoms with E-state index in [0.29, 0.717) is 23.0 Å². The molecule has 0 bridgehead atoms. The summed E-state index contributed by atoms with van der Waals surface area (Å²) in [6.07, 6.45) is -0.694. The van der Waals surface area contributed by atoms with Gasteiger partial charge in [-0.3, -0.25) is 9.59 Å². The largest absolute Gasteiger partial charge is 0.495 e. The van der Waals surface area contributed by atoms with Crippen LogP contribution in [0.2, 0.25) is 5.02 Å². The van der Waals surface area contributed by atoms with Crippen LogP contribution in [-0.2, 0) is 14.3 Å². The normalized spacial score (nSPS) is 11.7. The first-order valence-corrected chi connectivity index (χ1v) is 7.78. The SMILES string of the molecule is COc1ccc(Cl)cc1NCCC(=O)O[C@H](C)C(=O)NC(C)C. The van der Waals surface area contributed by atoms with Crippen LogP contribution < -0.4 is 15.4 Å². The Morgan fingerprint density at radius 2 is 1.96 bits per heavy atom. The van der Waals surface area contributed by atoms with E-state index in [1.165, 1.54) is 0 Å². The van der Waals surface area contributed by atoms with Gasteiger partial charge in [-0.25, -0.2) is 0 Å². The summed E-state index contributed by atoms with van der Waals surface area (Å²) in [7, 11) is 1.55. The summed E-state index contributed by atoms with van der Waals surface area (Å²) in [5.74, 6) is -0.129. The highest BCUT2D eigenvalue weighted by molar-refractivity contribution is 6.30. The maximum Gasteiger partial charge on any atom is 0.308 e. The number of methoxy groups -OCH3 is 1. The van der Waals surface area contributed by atoms with Crippen molar-refractivity contribution in [1.29, 1.82) is 0 Å². The van der Waals surface area contributed by atoms with Crippen molar-refractivity contribution in [3.05, 3.63) is 23.2 Å². The molecule has 0 fully saturated rings. The molecule has 7 heteroatoms. The van der Waals surface area contributed by atoms with Crippen LogP contribution in [0.25, 0.3) is 0 Å². The fraction of sp³-hybridized carbons (Fsp3) is 0.500. The predicted molar refractivity (Wildman–Crippen MR) is 89.9 cm³/mol. The fourth-order valence-corrected chi connectivity index (χ4v) is 2.00. The molecule has 0 radical (unpaired) electrons. The van der Waals surface area contributed by atoms with E-state index in [-0.39, 0.29) is 18.4 Å². The van der Waals surface area contributed by atoms with E-state index in [2.05, 4.69) is 10.6 Å². The van der Waals surface area contributed by atoms with Gasteiger partial charge in [0.25, 0.3) is 5.91 Å². The van der Waals surface area contributed by atoms with Gasteiger partial charge in [0.1, 0.15) is 5.75 Å². The standard InChI is InChI=1S/C16H23ClN2O4/c1-10(2)19-16(21)11(3)23-15(20)7-8-18-13-9-12(17)5-6-14(13)22-4/h5-6,9-11,18H,7-8H2,1-4H3,(H,19,21)/t11-/m1/s1. The van der Waals surface area contributed by atoms with E-state index in [1.54, 1.807) is 32.2 Å². The molecule has 0 aliphatic rings. The minimum absolute atomic E-state index is 0.000567. The number of hydrogen-bond donors (Lipinski definition) is 2. The van der Waals surface area contributed by atoms with Gasteiger partial charge in [0.15, 0.2) is 6.10 Å². The van der Waals surface area contributed by atoms with Crippen LogP contribution in [0.1, 0.15) is 27.2 Å². The zero-order valence-corrected chi connectivity index (χ0v) is 14.6. The highest BCUT2D eigenvalue weighted by Crippen LogP contribution is 2.27. The highest BCUT2D eigenvalue weighted by Gasteiger charge is 2.18. The number of ether oxygens (including phenoxy) is 2. The average Bonchev–Trinajstić information content (AvgIpc) is 2.46. The lowest BCUT2D eigenvalue weighted by atomic mass is 10.3. The summed E-state index contributed by atoms with van der Waals surface area (Å²) in [6.45, 7) is 5.57. The molecule has 1 aromatic carbocycles. The molecule has 128 valence electrons. The van der Waals surface area contributed by atoms with Crippen molar-refractivity contribution < 1.29 is 19.1 Å². The number of anilines is 1. The lowest BCUT2D eigenvalue weighted by Gasteiger charge is -2.16. The molecule has 2 N–H and O–H groups in total. The van der Waals surface area contributed by atoms with Gasteiger partial charge in [-0.05, 0) is 39.0 Å². The van der Waals surface area contributed by atoms with Crippen molar-refractivity contribution in [3.8, 4) is 5.75 Å². The van der Waals surface area contributed by atoms with E-state index < -0.39 is 12.1 Å². The second-order valence-corrected chi connectivity index (χ2v) is 5.75. The van der Waals surface area contributed by atoms with Crippen LogP contribution in [0.4, 0.5) is 5.69 Å². The number of benzene rings is 1. The van der Waals surface area contributed by atoms with Gasteiger partial charge in [0.2, 0.25) is 0 Å². The number of carbonyl (C=O) groups is 2. The van der Waals surface area contributed by atoms with Crippen molar-refractivity contribution in [2.24, 2.45) is 0 Å². The van der Waals surface area contributed by atoms with E-state index in [4.69, 9.17) is 21.1 Å². The molecule has 0 spiro atoms. The first kappa shape index (κ1) is 19.1. The van der Waals surface area contributed by atoms with E-state index in [1.807, 2.05) is 13.8 Å². The maximum atomic E-state index is 11.8. The molecule has 0 heterocycles. The maximum absolute atomic E-state index is 11.8. The smallest absolute Gasteiger partial charge is 0.308 e. The topological polar surface area (TPSA) is 76.7 Å². The second-order valence-electron chi connectivity index (χ2n) is 5.32. The molecular formula is C16H23ClN2O4. The first-order chi connectivity index (χ1) is 10.8. The summed E-state index contributed by atoms with van der Waals surface area (Å²) in [5, 5.41) is 6.31. The fourth-order valence-electron chi connectivity index (χ4n) is 1.83. The van der Waals surface area contributed by atoms with Crippen molar-refractivity contribution in [2.75, 3.05) is 19.0 Å². The van der Waals surface area contributed by atoms with Gasteiger partial charge < -0.3 is 20.1 Å². The van der Waals surface area contributed by atoms with Crippen LogP contribution in [0.3, 0.4) is 0 Å². The Balaban J connectivity index is 2.42. The van der Waals surface area contributed by atoms with Crippen LogP contribution in [0.15, 0.2) is 18.2 Å². The van der Waals surface area contributed by atoms with Crippen LogP contribution in [0.5, 0.6) is 5.75 Å². The van der Waals surface area contributed by atoms with Gasteiger partial charge in [0.05, 0.1) is 19.2 Å². The average molecular weight is 343 g/mol. The monoisotopic (exact) mass is 342 g/mol. The molecule has 0 saturated carbocycles. The summed E-state index contributed by atoms with van der Waals surface area (Å²) in [4.78, 5) is 23.4. The van der Waals surface area contributed by atoms with Crippen LogP contribution >= 0.6 is 11.6 Å². The molecule has 0 aromatic heterocycles. The summed E-state index contributed by atoms with van der Waals surface area (Å²) in [5.41, 5.74) is 0.693. The Labute approximate surface area is 141 Å². The van der Waals surface area contributed by atoms with Crippen LogP contribution in [-0.4, -0.2) is 37.7 Å². The minimum Gasteiger partial charge on any atom is -0.495 e. The lowest BCUT2D eigenvalue weighted by molar-refractivity contribution is -0.154. The number of nitrogens with one attached hydrogen (secondary N) is 2. The van der Waals surface area contributed by atoms with Crippen molar-refractivity contribution in [3.63, 3.8) is 0 Å². The minimum atomic E-state index is -0.814. The predicted octanol–water partition coefficient (Wildman–Crippen LogP) is 2.61. The summed E-state index contributed by atoms with van der Waals surface area (Å²) >= 11 is 5.93. The van der Waals surface area contributed by atoms with Gasteiger partial charge in [-0.1, -0.05) is 11.6 Å². The Morgan fingerprint density at radius 3 is 2.57 bits per heavy atom. The number of esters is 1. The van der Waals surface area contributed by atoms with Crippen LogP contribution in [0, 0.1) is 0 Å². The number of halogens is 1. The van der Waals surface area contributed by atoms with E-state index >= 15 is 0 Å². The van der Waals surface area contributed by atoms with Gasteiger partial charge in [-0.2, -0.15) is 0 Å². The Kier molecular flexibility index (Phi) is 7.68. The third kappa shape index (κ3) is 6.78. The molecular weight excluding hydrogens is 320 g/mol. The summed E-state index contributed by atoms with van der Waals surface area (Å²) in [6, 6.07) is 5.17. The molecule has 1 amide bonds. The molecule has 0 aliphatic carbocycles. The number of amides is 1.